The smallest absolute Gasteiger partial charge is 0.0468 e. The van der Waals surface area contributed by atoms with Crippen LogP contribution in [0, 0.1) is 12.3 Å². The second-order valence-electron chi connectivity index (χ2n) is 5.54. The van der Waals surface area contributed by atoms with E-state index in [-0.39, 0.29) is 10.8 Å². The summed E-state index contributed by atoms with van der Waals surface area (Å²) in [5.41, 5.74) is 2.62. The number of hydrogen-bond donors (Lipinski definition) is 0. The minimum atomic E-state index is 0.110. The van der Waals surface area contributed by atoms with Gasteiger partial charge in [-0.3, -0.25) is 4.98 Å². The van der Waals surface area contributed by atoms with Crippen molar-refractivity contribution in [1.29, 1.82) is 0 Å². The van der Waals surface area contributed by atoms with Crippen molar-refractivity contribution >= 4 is 0 Å². The van der Waals surface area contributed by atoms with E-state index in [2.05, 4.69) is 51.7 Å². The Morgan fingerprint density at radius 2 is 1.57 bits per heavy atom. The zero-order valence-electron chi connectivity index (χ0n) is 10.2. The summed E-state index contributed by atoms with van der Waals surface area (Å²) in [6.45, 7) is 13.3. The van der Waals surface area contributed by atoms with Gasteiger partial charge in [0.15, 0.2) is 0 Å². The molecule has 0 saturated heterocycles. The Morgan fingerprint density at radius 1 is 1.00 bits per heavy atom. The molecule has 0 N–H and O–H groups in total. The second kappa shape index (κ2) is 3.38. The van der Waals surface area contributed by atoms with Gasteiger partial charge < -0.3 is 0 Å². The van der Waals surface area contributed by atoms with Gasteiger partial charge in [-0.2, -0.15) is 0 Å². The van der Waals surface area contributed by atoms with Crippen LogP contribution in [0.4, 0.5) is 0 Å². The Labute approximate surface area is 87.6 Å². The van der Waals surface area contributed by atoms with Gasteiger partial charge in [0.1, 0.15) is 0 Å². The molecule has 1 rings (SSSR count). The first-order valence-electron chi connectivity index (χ1n) is 5.19. The Bertz CT molecular complexity index is 318. The summed E-state index contributed by atoms with van der Waals surface area (Å²) in [5, 5.41) is 0. The van der Waals surface area contributed by atoms with Crippen LogP contribution in [0.2, 0.25) is 0 Å². The third-order valence-corrected chi connectivity index (χ3v) is 3.40. The van der Waals surface area contributed by atoms with Gasteiger partial charge in [0.2, 0.25) is 0 Å². The van der Waals surface area contributed by atoms with Gasteiger partial charge in [-0.05, 0) is 24.5 Å². The molecule has 0 amide bonds. The highest BCUT2D eigenvalue weighted by Crippen LogP contribution is 2.39. The van der Waals surface area contributed by atoms with Gasteiger partial charge >= 0.3 is 0 Å². The van der Waals surface area contributed by atoms with E-state index in [1.165, 1.54) is 5.69 Å². The van der Waals surface area contributed by atoms with Crippen molar-refractivity contribution in [2.45, 2.75) is 47.0 Å². The molecule has 0 aliphatic carbocycles. The first kappa shape index (κ1) is 11.2. The topological polar surface area (TPSA) is 12.9 Å². The van der Waals surface area contributed by atoms with E-state index >= 15 is 0 Å². The molecular formula is C13H21N. The average molecular weight is 191 g/mol. The van der Waals surface area contributed by atoms with Gasteiger partial charge in [0, 0.05) is 16.8 Å². The average Bonchev–Trinajstić information content (AvgIpc) is 2.02. The van der Waals surface area contributed by atoms with Crippen molar-refractivity contribution in [2.75, 3.05) is 0 Å². The number of aromatic nitrogens is 1. The molecule has 1 aromatic heterocycles. The maximum absolute atomic E-state index is 4.61. The number of rotatable bonds is 1. The van der Waals surface area contributed by atoms with Crippen molar-refractivity contribution in [3.8, 4) is 0 Å². The van der Waals surface area contributed by atoms with E-state index < -0.39 is 0 Å². The molecule has 1 heterocycles. The molecular weight excluding hydrogens is 170 g/mol. The zero-order valence-corrected chi connectivity index (χ0v) is 10.2. The Kier molecular flexibility index (Phi) is 2.71. The highest BCUT2D eigenvalue weighted by Gasteiger charge is 2.35. The molecule has 1 nitrogen and oxygen atoms in total. The highest BCUT2D eigenvalue weighted by molar-refractivity contribution is 5.20. The maximum Gasteiger partial charge on any atom is 0.0468 e. The predicted octanol–water partition coefficient (Wildman–Crippen LogP) is 3.71. The van der Waals surface area contributed by atoms with Crippen molar-refractivity contribution in [3.63, 3.8) is 0 Å². The third kappa shape index (κ3) is 1.97. The van der Waals surface area contributed by atoms with E-state index in [1.54, 1.807) is 0 Å². The Balaban J connectivity index is 3.16. The van der Waals surface area contributed by atoms with Crippen LogP contribution in [-0.2, 0) is 5.41 Å². The van der Waals surface area contributed by atoms with E-state index in [0.29, 0.717) is 0 Å². The zero-order chi connectivity index (χ0) is 11.0. The fourth-order valence-electron chi connectivity index (χ4n) is 1.28. The van der Waals surface area contributed by atoms with Gasteiger partial charge in [-0.25, -0.2) is 0 Å². The van der Waals surface area contributed by atoms with Crippen LogP contribution < -0.4 is 0 Å². The van der Waals surface area contributed by atoms with Crippen molar-refractivity contribution in [1.82, 2.24) is 4.98 Å². The van der Waals surface area contributed by atoms with Gasteiger partial charge in [-0.1, -0.05) is 40.7 Å². The molecule has 0 aromatic carbocycles. The summed E-state index contributed by atoms with van der Waals surface area (Å²) in [6.07, 6.45) is 0. The molecule has 0 bridgehead atoms. The molecule has 0 atom stereocenters. The second-order valence-corrected chi connectivity index (χ2v) is 5.54. The number of pyridine rings is 1. The van der Waals surface area contributed by atoms with Crippen LogP contribution in [-0.4, -0.2) is 4.98 Å². The van der Waals surface area contributed by atoms with Crippen molar-refractivity contribution in [2.24, 2.45) is 5.41 Å². The molecule has 0 spiro atoms. The van der Waals surface area contributed by atoms with Crippen LogP contribution in [0.1, 0.15) is 46.0 Å². The molecule has 0 unspecified atom stereocenters. The molecule has 78 valence electrons. The lowest BCUT2D eigenvalue weighted by Gasteiger charge is -2.38. The first-order chi connectivity index (χ1) is 6.25. The third-order valence-electron chi connectivity index (χ3n) is 3.40. The Hall–Kier alpha value is -0.850. The van der Waals surface area contributed by atoms with E-state index in [4.69, 9.17) is 0 Å². The molecule has 14 heavy (non-hydrogen) atoms. The fourth-order valence-corrected chi connectivity index (χ4v) is 1.28. The minimum absolute atomic E-state index is 0.110. The van der Waals surface area contributed by atoms with Crippen LogP contribution in [0.25, 0.3) is 0 Å². The van der Waals surface area contributed by atoms with Crippen molar-refractivity contribution < 1.29 is 0 Å². The Morgan fingerprint density at radius 3 is 2.00 bits per heavy atom. The summed E-state index contributed by atoms with van der Waals surface area (Å²) in [5.74, 6) is 0. The SMILES string of the molecule is Cc1cccc(C(C)(C)C(C)(C)C)n1. The highest BCUT2D eigenvalue weighted by atomic mass is 14.7. The lowest BCUT2D eigenvalue weighted by Crippen LogP contribution is -2.34. The summed E-state index contributed by atoms with van der Waals surface area (Å²) < 4.78 is 0. The summed E-state index contributed by atoms with van der Waals surface area (Å²) in [7, 11) is 0. The number of hydrogen-bond acceptors (Lipinski definition) is 1. The predicted molar refractivity (Wildman–Crippen MR) is 61.5 cm³/mol. The molecule has 0 saturated carbocycles. The lowest BCUT2D eigenvalue weighted by molar-refractivity contribution is 0.219. The molecule has 1 heteroatoms. The summed E-state index contributed by atoms with van der Waals surface area (Å²) in [6, 6.07) is 6.26. The van der Waals surface area contributed by atoms with E-state index in [1.807, 2.05) is 13.0 Å². The van der Waals surface area contributed by atoms with Crippen LogP contribution in [0.15, 0.2) is 18.2 Å². The van der Waals surface area contributed by atoms with E-state index in [0.717, 1.165) is 5.69 Å². The van der Waals surface area contributed by atoms with Crippen LogP contribution in [0.5, 0.6) is 0 Å². The molecule has 0 fully saturated rings. The quantitative estimate of drug-likeness (QED) is 0.659. The maximum atomic E-state index is 4.61. The monoisotopic (exact) mass is 191 g/mol. The normalized spacial score (nSPS) is 13.0. The first-order valence-corrected chi connectivity index (χ1v) is 5.19. The number of aryl methyl sites for hydroxylation is 1. The van der Waals surface area contributed by atoms with Crippen molar-refractivity contribution in [3.05, 3.63) is 29.6 Å². The molecule has 0 radical (unpaired) electrons. The largest absolute Gasteiger partial charge is 0.258 e. The standard InChI is InChI=1S/C13H21N/c1-10-8-7-9-11(14-10)13(5,6)12(2,3)4/h7-9H,1-6H3. The van der Waals surface area contributed by atoms with E-state index in [9.17, 15) is 0 Å². The van der Waals surface area contributed by atoms with Crippen LogP contribution in [0.3, 0.4) is 0 Å². The summed E-state index contributed by atoms with van der Waals surface area (Å²) in [4.78, 5) is 4.61. The van der Waals surface area contributed by atoms with Gasteiger partial charge in [0.05, 0.1) is 0 Å². The minimum Gasteiger partial charge on any atom is -0.258 e. The van der Waals surface area contributed by atoms with Gasteiger partial charge in [-0.15, -0.1) is 0 Å². The molecule has 0 aliphatic rings. The van der Waals surface area contributed by atoms with Crippen LogP contribution >= 0.6 is 0 Å². The number of nitrogens with zero attached hydrogens (tertiary/aromatic N) is 1. The molecule has 0 aliphatic heterocycles. The van der Waals surface area contributed by atoms with Gasteiger partial charge in [0.25, 0.3) is 0 Å². The lowest BCUT2D eigenvalue weighted by atomic mass is 9.67. The fraction of sp³-hybridized carbons (Fsp3) is 0.615. The molecule has 1 aromatic rings. The summed E-state index contributed by atoms with van der Waals surface area (Å²) >= 11 is 0.